The van der Waals surface area contributed by atoms with Crippen LogP contribution in [0.1, 0.15) is 47.1 Å². The summed E-state index contributed by atoms with van der Waals surface area (Å²) in [5.41, 5.74) is 1.31. The van der Waals surface area contributed by atoms with Crippen molar-refractivity contribution >= 4 is 17.9 Å². The smallest absolute Gasteiger partial charge is 0.259 e. The number of aliphatic hydroxyl groups is 1. The Morgan fingerprint density at radius 3 is 2.85 bits per heavy atom. The maximum atomic E-state index is 13.6. The Kier molecular flexibility index (Phi) is 7.81. The van der Waals surface area contributed by atoms with Crippen LogP contribution in [0.4, 0.5) is 4.39 Å². The average Bonchev–Trinajstić information content (AvgIpc) is 2.80. The lowest BCUT2D eigenvalue weighted by atomic mass is 9.99. The highest BCUT2D eigenvalue weighted by atomic mass is 19.1. The monoisotopic (exact) mass is 455 g/mol. The van der Waals surface area contributed by atoms with E-state index in [2.05, 4.69) is 4.98 Å². The number of allylic oxidation sites excluding steroid dienone is 1. The summed E-state index contributed by atoms with van der Waals surface area (Å²) in [7, 11) is 1.63. The number of benzene rings is 1. The van der Waals surface area contributed by atoms with E-state index in [9.17, 15) is 19.1 Å². The van der Waals surface area contributed by atoms with Gasteiger partial charge in [-0.3, -0.25) is 9.59 Å². The predicted octanol–water partition coefficient (Wildman–Crippen LogP) is 3.25. The van der Waals surface area contributed by atoms with Gasteiger partial charge in [-0.15, -0.1) is 0 Å². The largest absolute Gasteiger partial charge is 0.472 e. The number of carbonyl (C=O) groups excluding carboxylic acids is 2. The fourth-order valence-electron chi connectivity index (χ4n) is 3.81. The topological polar surface area (TPSA) is 83.0 Å². The van der Waals surface area contributed by atoms with Gasteiger partial charge in [-0.05, 0) is 43.7 Å². The molecule has 2 amide bonds. The summed E-state index contributed by atoms with van der Waals surface area (Å²) in [5.74, 6) is -1.06. The Hall–Kier alpha value is -3.26. The maximum Gasteiger partial charge on any atom is 0.259 e. The summed E-state index contributed by atoms with van der Waals surface area (Å²) in [6.07, 6.45) is 4.83. The van der Waals surface area contributed by atoms with Crippen LogP contribution >= 0.6 is 0 Å². The molecule has 2 aromatic rings. The van der Waals surface area contributed by atoms with Gasteiger partial charge < -0.3 is 19.6 Å². The van der Waals surface area contributed by atoms with Crippen LogP contribution in [0.3, 0.4) is 0 Å². The zero-order chi connectivity index (χ0) is 24.1. The van der Waals surface area contributed by atoms with Crippen molar-refractivity contribution in [1.82, 2.24) is 14.8 Å². The van der Waals surface area contributed by atoms with Crippen molar-refractivity contribution in [3.63, 3.8) is 0 Å². The van der Waals surface area contributed by atoms with Crippen LogP contribution in [0.25, 0.3) is 6.08 Å². The lowest BCUT2D eigenvalue weighted by molar-refractivity contribution is 0.0313. The number of amides is 2. The highest BCUT2D eigenvalue weighted by molar-refractivity contribution is 5.97. The number of rotatable bonds is 6. The molecule has 0 unspecified atom stereocenters. The molecule has 8 heteroatoms. The van der Waals surface area contributed by atoms with Gasteiger partial charge in [0.2, 0.25) is 5.88 Å². The third-order valence-electron chi connectivity index (χ3n) is 5.77. The summed E-state index contributed by atoms with van der Waals surface area (Å²) < 4.78 is 19.8. The van der Waals surface area contributed by atoms with Crippen molar-refractivity contribution in [2.75, 3.05) is 26.7 Å². The number of pyridine rings is 1. The third kappa shape index (κ3) is 5.57. The number of carbonyl (C=O) groups is 2. The summed E-state index contributed by atoms with van der Waals surface area (Å²) in [6.45, 7) is 5.95. The summed E-state index contributed by atoms with van der Waals surface area (Å²) >= 11 is 0. The highest BCUT2D eigenvalue weighted by Gasteiger charge is 2.34. The summed E-state index contributed by atoms with van der Waals surface area (Å²) in [5, 5.41) is 9.74. The van der Waals surface area contributed by atoms with Crippen molar-refractivity contribution < 1.29 is 23.8 Å². The van der Waals surface area contributed by atoms with Gasteiger partial charge in [-0.25, -0.2) is 9.37 Å². The zero-order valence-corrected chi connectivity index (χ0v) is 19.4. The Labute approximate surface area is 193 Å². The van der Waals surface area contributed by atoms with E-state index in [1.807, 2.05) is 26.0 Å². The summed E-state index contributed by atoms with van der Waals surface area (Å²) in [6, 6.07) is 6.86. The first-order valence-corrected chi connectivity index (χ1v) is 11.0. The number of likely N-dealkylation sites (N-methyl/N-ethyl adjacent to an activating group) is 1. The van der Waals surface area contributed by atoms with Crippen LogP contribution in [0.2, 0.25) is 0 Å². The standard InChI is InChI=1S/C25H30FN3O4/c1-5-7-18-10-21-23(27-12-18)33-22(16(2)13-29(25(21)32)17(3)15-30)14-28(4)24(31)19-8-6-9-20(26)11-19/h5-12,16-17,22,30H,13-15H2,1-4H3/t16-,17-,22+/m1/s1. The van der Waals surface area contributed by atoms with E-state index in [4.69, 9.17) is 4.74 Å². The molecule has 0 aliphatic carbocycles. The van der Waals surface area contributed by atoms with Gasteiger partial charge in [-0.1, -0.05) is 25.1 Å². The Morgan fingerprint density at radius 1 is 1.42 bits per heavy atom. The molecule has 1 aliphatic heterocycles. The molecule has 33 heavy (non-hydrogen) atoms. The van der Waals surface area contributed by atoms with E-state index in [1.165, 1.54) is 23.1 Å². The van der Waals surface area contributed by atoms with Gasteiger partial charge in [0.1, 0.15) is 17.5 Å². The second-order valence-corrected chi connectivity index (χ2v) is 8.44. The predicted molar refractivity (Wildman–Crippen MR) is 123 cm³/mol. The van der Waals surface area contributed by atoms with Crippen LogP contribution in [0.15, 0.2) is 42.6 Å². The number of hydrogen-bond acceptors (Lipinski definition) is 5. The van der Waals surface area contributed by atoms with Gasteiger partial charge in [0.05, 0.1) is 19.2 Å². The first kappa shape index (κ1) is 24.4. The van der Waals surface area contributed by atoms with E-state index in [0.29, 0.717) is 12.1 Å². The molecule has 0 spiro atoms. The van der Waals surface area contributed by atoms with Crippen LogP contribution in [0.5, 0.6) is 5.88 Å². The van der Waals surface area contributed by atoms with Crippen LogP contribution < -0.4 is 4.74 Å². The molecule has 1 N–H and O–H groups in total. The van der Waals surface area contributed by atoms with E-state index < -0.39 is 18.0 Å². The lowest BCUT2D eigenvalue weighted by Crippen LogP contribution is -2.50. The number of fused-ring (bicyclic) bond motifs is 1. The normalized spacial score (nSPS) is 19.5. The molecule has 3 atom stereocenters. The number of halogens is 1. The minimum absolute atomic E-state index is 0.170. The molecule has 0 saturated heterocycles. The minimum Gasteiger partial charge on any atom is -0.472 e. The third-order valence-corrected chi connectivity index (χ3v) is 5.77. The van der Waals surface area contributed by atoms with Crippen LogP contribution in [0, 0.1) is 11.7 Å². The highest BCUT2D eigenvalue weighted by Crippen LogP contribution is 2.28. The number of nitrogens with zero attached hydrogens (tertiary/aromatic N) is 3. The molecule has 1 aromatic heterocycles. The first-order valence-electron chi connectivity index (χ1n) is 11.0. The quantitative estimate of drug-likeness (QED) is 0.723. The SMILES string of the molecule is CC=Cc1cnc2c(c1)C(=O)N([C@H](C)CO)C[C@@H](C)[C@H](CN(C)C(=O)c1cccc(F)c1)O2. The number of aromatic nitrogens is 1. The van der Waals surface area contributed by atoms with E-state index in [1.54, 1.807) is 37.2 Å². The van der Waals surface area contributed by atoms with Crippen LogP contribution in [-0.2, 0) is 0 Å². The van der Waals surface area contributed by atoms with Crippen molar-refractivity contribution in [3.05, 3.63) is 65.1 Å². The Bertz CT molecular complexity index is 1040. The van der Waals surface area contributed by atoms with Gasteiger partial charge >= 0.3 is 0 Å². The molecule has 7 nitrogen and oxygen atoms in total. The van der Waals surface area contributed by atoms with Gasteiger partial charge in [0.15, 0.2) is 0 Å². The minimum atomic E-state index is -0.480. The molecular formula is C25H30FN3O4. The van der Waals surface area contributed by atoms with Crippen molar-refractivity contribution in [2.24, 2.45) is 5.92 Å². The lowest BCUT2D eigenvalue weighted by Gasteiger charge is -2.37. The Morgan fingerprint density at radius 2 is 2.18 bits per heavy atom. The molecule has 0 radical (unpaired) electrons. The van der Waals surface area contributed by atoms with Gasteiger partial charge in [0, 0.05) is 31.3 Å². The van der Waals surface area contributed by atoms with E-state index in [0.717, 1.165) is 5.56 Å². The zero-order valence-electron chi connectivity index (χ0n) is 19.4. The van der Waals surface area contributed by atoms with Crippen molar-refractivity contribution in [2.45, 2.75) is 32.9 Å². The molecule has 176 valence electrons. The van der Waals surface area contributed by atoms with E-state index >= 15 is 0 Å². The number of aliphatic hydroxyl groups excluding tert-OH is 1. The maximum absolute atomic E-state index is 13.6. The number of hydrogen-bond donors (Lipinski definition) is 1. The van der Waals surface area contributed by atoms with Crippen molar-refractivity contribution in [1.29, 1.82) is 0 Å². The second-order valence-electron chi connectivity index (χ2n) is 8.44. The molecule has 2 heterocycles. The summed E-state index contributed by atoms with van der Waals surface area (Å²) in [4.78, 5) is 33.6. The Balaban J connectivity index is 1.93. The van der Waals surface area contributed by atoms with Crippen molar-refractivity contribution in [3.8, 4) is 5.88 Å². The van der Waals surface area contributed by atoms with Gasteiger partial charge in [-0.2, -0.15) is 0 Å². The second kappa shape index (κ2) is 10.6. The molecule has 1 aliphatic rings. The fourth-order valence-corrected chi connectivity index (χ4v) is 3.81. The molecular weight excluding hydrogens is 425 g/mol. The molecule has 0 bridgehead atoms. The van der Waals surface area contributed by atoms with Gasteiger partial charge in [0.25, 0.3) is 11.8 Å². The number of ether oxygens (including phenoxy) is 1. The molecule has 0 fully saturated rings. The van der Waals surface area contributed by atoms with Crippen LogP contribution in [-0.4, -0.2) is 70.6 Å². The van der Waals surface area contributed by atoms with E-state index in [-0.39, 0.29) is 42.3 Å². The molecule has 3 rings (SSSR count). The first-order chi connectivity index (χ1) is 15.7. The average molecular weight is 456 g/mol. The molecule has 0 saturated carbocycles. The molecule has 1 aromatic carbocycles. The fraction of sp³-hybridized carbons (Fsp3) is 0.400.